The monoisotopic (exact) mass is 616 g/mol. The Morgan fingerprint density at radius 3 is 2.57 bits per heavy atom. The van der Waals surface area contributed by atoms with Crippen molar-refractivity contribution in [3.63, 3.8) is 0 Å². The summed E-state index contributed by atoms with van der Waals surface area (Å²) in [4.78, 5) is 46.1. The number of rotatable bonds is 9. The normalized spacial score (nSPS) is 24.1. The number of amides is 3. The number of aryl methyl sites for hydroxylation is 1. The second-order valence-corrected chi connectivity index (χ2v) is 11.8. The number of hydrogen-bond acceptors (Lipinski definition) is 6. The van der Waals surface area contributed by atoms with E-state index in [4.69, 9.17) is 15.2 Å². The van der Waals surface area contributed by atoms with E-state index in [1.807, 2.05) is 30.3 Å². The molecule has 3 fully saturated rings. The molecule has 2 aromatic rings. The highest BCUT2D eigenvalue weighted by molar-refractivity contribution is 5.91. The van der Waals surface area contributed by atoms with Crippen LogP contribution in [0.3, 0.4) is 0 Å². The summed E-state index contributed by atoms with van der Waals surface area (Å²) in [5.74, 6) is -0.437. The lowest BCUT2D eigenvalue weighted by Gasteiger charge is -2.54. The van der Waals surface area contributed by atoms with Gasteiger partial charge in [0.05, 0.1) is 18.2 Å². The minimum atomic E-state index is -4.54. The molecule has 3 heterocycles. The van der Waals surface area contributed by atoms with E-state index in [-0.39, 0.29) is 43.1 Å². The number of piperazine rings is 1. The highest BCUT2D eigenvalue weighted by Crippen LogP contribution is 2.34. The molecule has 44 heavy (non-hydrogen) atoms. The number of nitrogens with two attached hydrogens (primary N) is 1. The van der Waals surface area contributed by atoms with Gasteiger partial charge in [-0.25, -0.2) is 4.79 Å². The van der Waals surface area contributed by atoms with E-state index in [0.29, 0.717) is 44.5 Å². The first-order chi connectivity index (χ1) is 21.0. The fraction of sp³-hybridized carbons (Fsp3) is 0.531. The van der Waals surface area contributed by atoms with Crippen LogP contribution in [0.1, 0.15) is 54.4 Å². The minimum absolute atomic E-state index is 0.0265. The molecule has 0 spiro atoms. The van der Waals surface area contributed by atoms with E-state index in [1.165, 1.54) is 9.80 Å². The third-order valence-corrected chi connectivity index (χ3v) is 8.53. The lowest BCUT2D eigenvalue weighted by molar-refractivity contribution is -0.173. The molecule has 3 amide bonds. The number of ether oxygens (including phenoxy) is 2. The summed E-state index contributed by atoms with van der Waals surface area (Å²) in [6, 6.07) is 11.6. The predicted molar refractivity (Wildman–Crippen MR) is 155 cm³/mol. The Balaban J connectivity index is 1.46. The fourth-order valence-corrected chi connectivity index (χ4v) is 6.55. The van der Waals surface area contributed by atoms with Gasteiger partial charge in [-0.3, -0.25) is 14.5 Å². The van der Waals surface area contributed by atoms with Crippen LogP contribution in [0.15, 0.2) is 48.5 Å². The van der Waals surface area contributed by atoms with Crippen LogP contribution in [0.25, 0.3) is 0 Å². The van der Waals surface area contributed by atoms with Gasteiger partial charge in [-0.05, 0) is 68.8 Å². The SMILES string of the molecule is Cc1cc(COC(=O)N2C(Cc3ccccc3)CC(=O)N3C2CN(CC2CCCO2)C(=O)[C@@H]3CCCN)cc(C(F)(F)F)c1. The second kappa shape index (κ2) is 13.6. The Labute approximate surface area is 255 Å². The van der Waals surface area contributed by atoms with Crippen molar-refractivity contribution in [3.05, 3.63) is 70.8 Å². The summed E-state index contributed by atoms with van der Waals surface area (Å²) in [6.07, 6.45) is -3.36. The summed E-state index contributed by atoms with van der Waals surface area (Å²) in [5.41, 5.74) is 6.47. The number of fused-ring (bicyclic) bond motifs is 1. The molecule has 2 aromatic carbocycles. The van der Waals surface area contributed by atoms with E-state index < -0.39 is 36.1 Å². The Kier molecular flexibility index (Phi) is 9.79. The summed E-state index contributed by atoms with van der Waals surface area (Å²) in [6.45, 7) is 2.53. The van der Waals surface area contributed by atoms with Gasteiger partial charge in [-0.2, -0.15) is 13.2 Å². The maximum absolute atomic E-state index is 13.9. The van der Waals surface area contributed by atoms with Crippen LogP contribution in [-0.2, 0) is 38.3 Å². The van der Waals surface area contributed by atoms with E-state index >= 15 is 0 Å². The molecule has 3 aliphatic rings. The van der Waals surface area contributed by atoms with Crippen LogP contribution in [-0.4, -0.2) is 83.2 Å². The van der Waals surface area contributed by atoms with Gasteiger partial charge < -0.3 is 25.0 Å². The zero-order valence-corrected chi connectivity index (χ0v) is 24.8. The first-order valence-corrected chi connectivity index (χ1v) is 15.1. The molecule has 0 saturated carbocycles. The average Bonchev–Trinajstić information content (AvgIpc) is 3.49. The quantitative estimate of drug-likeness (QED) is 0.452. The Hall–Kier alpha value is -3.64. The Morgan fingerprint density at radius 2 is 1.89 bits per heavy atom. The van der Waals surface area contributed by atoms with Gasteiger partial charge in [0.1, 0.15) is 18.8 Å². The lowest BCUT2D eigenvalue weighted by Crippen LogP contribution is -2.73. The van der Waals surface area contributed by atoms with Crippen molar-refractivity contribution >= 4 is 17.9 Å². The zero-order chi connectivity index (χ0) is 31.4. The van der Waals surface area contributed by atoms with Gasteiger partial charge in [0, 0.05) is 25.6 Å². The van der Waals surface area contributed by atoms with Crippen molar-refractivity contribution in [2.24, 2.45) is 5.73 Å². The first kappa shape index (κ1) is 31.8. The molecule has 2 N–H and O–H groups in total. The van der Waals surface area contributed by atoms with Crippen molar-refractivity contribution in [2.75, 3.05) is 26.2 Å². The summed E-state index contributed by atoms with van der Waals surface area (Å²) in [7, 11) is 0. The molecular weight excluding hydrogens is 577 g/mol. The van der Waals surface area contributed by atoms with Crippen molar-refractivity contribution in [3.8, 4) is 0 Å². The number of nitrogens with zero attached hydrogens (tertiary/aromatic N) is 3. The third-order valence-electron chi connectivity index (χ3n) is 8.53. The van der Waals surface area contributed by atoms with Crippen LogP contribution < -0.4 is 5.73 Å². The summed E-state index contributed by atoms with van der Waals surface area (Å²) >= 11 is 0. The Bertz CT molecular complexity index is 1330. The van der Waals surface area contributed by atoms with E-state index in [2.05, 4.69) is 0 Å². The molecule has 3 saturated heterocycles. The van der Waals surface area contributed by atoms with Crippen LogP contribution in [0.4, 0.5) is 18.0 Å². The van der Waals surface area contributed by atoms with Gasteiger partial charge in [0.15, 0.2) is 0 Å². The maximum atomic E-state index is 13.9. The molecule has 3 aliphatic heterocycles. The molecule has 12 heteroatoms. The molecule has 0 aromatic heterocycles. The first-order valence-electron chi connectivity index (χ1n) is 15.1. The molecule has 238 valence electrons. The molecule has 5 rings (SSSR count). The number of hydrogen-bond donors (Lipinski definition) is 1. The number of carbonyl (C=O) groups is 3. The average molecular weight is 617 g/mol. The third kappa shape index (κ3) is 7.18. The fourth-order valence-electron chi connectivity index (χ4n) is 6.55. The number of alkyl halides is 3. The number of benzene rings is 2. The van der Waals surface area contributed by atoms with Crippen molar-refractivity contribution in [2.45, 2.75) is 82.6 Å². The van der Waals surface area contributed by atoms with Gasteiger partial charge in [-0.1, -0.05) is 42.0 Å². The smallest absolute Gasteiger partial charge is 0.416 e. The Morgan fingerprint density at radius 1 is 1.11 bits per heavy atom. The van der Waals surface area contributed by atoms with Gasteiger partial charge >= 0.3 is 12.3 Å². The van der Waals surface area contributed by atoms with Gasteiger partial charge in [-0.15, -0.1) is 0 Å². The number of halogens is 3. The highest BCUT2D eigenvalue weighted by Gasteiger charge is 2.52. The molecule has 0 radical (unpaired) electrons. The van der Waals surface area contributed by atoms with Crippen LogP contribution >= 0.6 is 0 Å². The molecule has 9 nitrogen and oxygen atoms in total. The summed E-state index contributed by atoms with van der Waals surface area (Å²) in [5, 5.41) is 0. The summed E-state index contributed by atoms with van der Waals surface area (Å²) < 4.78 is 51.9. The molecular formula is C32H39F3N4O5. The van der Waals surface area contributed by atoms with E-state index in [1.54, 1.807) is 17.9 Å². The largest absolute Gasteiger partial charge is 0.444 e. The topological polar surface area (TPSA) is 105 Å². The predicted octanol–water partition coefficient (Wildman–Crippen LogP) is 4.25. The van der Waals surface area contributed by atoms with Crippen LogP contribution in [0.2, 0.25) is 0 Å². The second-order valence-electron chi connectivity index (χ2n) is 11.8. The van der Waals surface area contributed by atoms with E-state index in [0.717, 1.165) is 30.5 Å². The zero-order valence-electron chi connectivity index (χ0n) is 24.8. The highest BCUT2D eigenvalue weighted by atomic mass is 19.4. The standard InChI is InChI=1S/C32H39F3N4O5/c1-21-13-23(15-24(14-21)32(33,34)35)20-44-31(42)38-25(16-22-7-3-2-4-8-22)17-29(40)39-27(10-5-11-36)30(41)37(19-28(38)39)18-26-9-6-12-43-26/h2-4,7-8,13-15,25-28H,5-6,9-12,16-20,36H2,1H3/t25?,26?,27-,28?/m0/s1. The molecule has 3 unspecified atom stereocenters. The van der Waals surface area contributed by atoms with E-state index in [9.17, 15) is 27.6 Å². The van der Waals surface area contributed by atoms with Crippen LogP contribution in [0.5, 0.6) is 0 Å². The molecule has 0 aliphatic carbocycles. The van der Waals surface area contributed by atoms with Crippen molar-refractivity contribution in [1.82, 2.24) is 14.7 Å². The lowest BCUT2D eigenvalue weighted by atomic mass is 9.93. The molecule has 4 atom stereocenters. The molecule has 0 bridgehead atoms. The van der Waals surface area contributed by atoms with Crippen LogP contribution in [0, 0.1) is 6.92 Å². The maximum Gasteiger partial charge on any atom is 0.416 e. The van der Waals surface area contributed by atoms with Gasteiger partial charge in [0.2, 0.25) is 11.8 Å². The van der Waals surface area contributed by atoms with Crippen molar-refractivity contribution < 1.29 is 37.0 Å². The minimum Gasteiger partial charge on any atom is -0.444 e. The van der Waals surface area contributed by atoms with Crippen molar-refractivity contribution in [1.29, 1.82) is 0 Å². The number of carbonyl (C=O) groups excluding carboxylic acids is 3. The van der Waals surface area contributed by atoms with Gasteiger partial charge in [0.25, 0.3) is 0 Å².